The van der Waals surface area contributed by atoms with E-state index in [0.717, 1.165) is 25.7 Å². The second-order valence-corrected chi connectivity index (χ2v) is 9.15. The zero-order valence-corrected chi connectivity index (χ0v) is 15.2. The molecule has 25 heavy (non-hydrogen) atoms. The number of hydrogen-bond donors (Lipinski definition) is 3. The molecule has 0 heterocycles. The molecule has 0 aliphatic heterocycles. The van der Waals surface area contributed by atoms with Gasteiger partial charge in [0.25, 0.3) is 0 Å². The molecular weight excluding hydrogens is 316 g/mol. The zero-order chi connectivity index (χ0) is 18.0. The van der Waals surface area contributed by atoms with Crippen molar-refractivity contribution in [2.45, 2.75) is 64.1 Å². The first-order valence-corrected chi connectivity index (χ1v) is 9.70. The number of allylic oxidation sites excluding steroid dienone is 4. The maximum atomic E-state index is 12.4. The minimum atomic E-state index is -1.50. The van der Waals surface area contributed by atoms with Crippen LogP contribution in [-0.4, -0.2) is 39.4 Å². The van der Waals surface area contributed by atoms with Crippen LogP contribution in [0.3, 0.4) is 0 Å². The lowest BCUT2D eigenvalue weighted by Crippen LogP contribution is -2.61. The highest BCUT2D eigenvalue weighted by Crippen LogP contribution is 2.67. The lowest BCUT2D eigenvalue weighted by atomic mass is 9.46. The smallest absolute Gasteiger partial charge is 0.190 e. The molecule has 4 rings (SSSR count). The molecule has 0 bridgehead atoms. The first kappa shape index (κ1) is 17.4. The number of hydrogen-bond acceptors (Lipinski definition) is 4. The molecule has 4 heteroatoms. The summed E-state index contributed by atoms with van der Waals surface area (Å²) in [6, 6.07) is 0. The van der Waals surface area contributed by atoms with Gasteiger partial charge < -0.3 is 15.3 Å². The molecule has 4 aliphatic carbocycles. The SMILES string of the molecule is CC12C=CCC=C1CCC1C2C(O)CC2(C)C1CCC2(O)C(=O)CO. The molecule has 7 atom stereocenters. The summed E-state index contributed by atoms with van der Waals surface area (Å²) in [5, 5.41) is 31.7. The average Bonchev–Trinajstić information content (AvgIpc) is 2.85. The summed E-state index contributed by atoms with van der Waals surface area (Å²) in [4.78, 5) is 12.4. The van der Waals surface area contributed by atoms with Crippen LogP contribution in [0.4, 0.5) is 0 Å². The van der Waals surface area contributed by atoms with Gasteiger partial charge in [-0.05, 0) is 50.4 Å². The molecule has 3 saturated carbocycles. The number of fused-ring (bicyclic) bond motifs is 5. The Kier molecular flexibility index (Phi) is 3.85. The normalized spacial score (nSPS) is 51.3. The molecule has 0 aromatic rings. The van der Waals surface area contributed by atoms with E-state index in [-0.39, 0.29) is 17.3 Å². The molecule has 3 fully saturated rings. The number of ketones is 1. The Balaban J connectivity index is 1.75. The molecule has 0 radical (unpaired) electrons. The third-order valence-electron chi connectivity index (χ3n) is 8.31. The van der Waals surface area contributed by atoms with Crippen molar-refractivity contribution in [1.82, 2.24) is 0 Å². The summed E-state index contributed by atoms with van der Waals surface area (Å²) in [6.07, 6.45) is 10.9. The summed E-state index contributed by atoms with van der Waals surface area (Å²) in [6.45, 7) is 3.58. The van der Waals surface area contributed by atoms with Crippen molar-refractivity contribution in [2.24, 2.45) is 28.6 Å². The van der Waals surface area contributed by atoms with Crippen molar-refractivity contribution in [3.8, 4) is 0 Å². The van der Waals surface area contributed by atoms with E-state index in [1.165, 1.54) is 5.57 Å². The van der Waals surface area contributed by atoms with Crippen LogP contribution >= 0.6 is 0 Å². The molecule has 4 nitrogen and oxygen atoms in total. The summed E-state index contributed by atoms with van der Waals surface area (Å²) in [7, 11) is 0. The second kappa shape index (κ2) is 5.51. The third kappa shape index (κ3) is 2.08. The van der Waals surface area contributed by atoms with Gasteiger partial charge in [0.1, 0.15) is 12.2 Å². The fraction of sp³-hybridized carbons (Fsp3) is 0.762. The topological polar surface area (TPSA) is 77.8 Å². The van der Waals surface area contributed by atoms with E-state index in [9.17, 15) is 20.1 Å². The monoisotopic (exact) mass is 346 g/mol. The van der Waals surface area contributed by atoms with Crippen LogP contribution in [0, 0.1) is 28.6 Å². The van der Waals surface area contributed by atoms with E-state index in [1.54, 1.807) is 0 Å². The lowest BCUT2D eigenvalue weighted by molar-refractivity contribution is -0.178. The van der Waals surface area contributed by atoms with Crippen molar-refractivity contribution in [2.75, 3.05) is 6.61 Å². The van der Waals surface area contributed by atoms with E-state index in [1.807, 2.05) is 6.92 Å². The summed E-state index contributed by atoms with van der Waals surface area (Å²) in [5.41, 5.74) is -0.816. The number of carbonyl (C=O) groups is 1. The van der Waals surface area contributed by atoms with E-state index < -0.39 is 29.5 Å². The van der Waals surface area contributed by atoms with Crippen molar-refractivity contribution in [3.63, 3.8) is 0 Å². The van der Waals surface area contributed by atoms with Gasteiger partial charge >= 0.3 is 0 Å². The average molecular weight is 346 g/mol. The number of rotatable bonds is 2. The predicted molar refractivity (Wildman–Crippen MR) is 94.7 cm³/mol. The van der Waals surface area contributed by atoms with E-state index >= 15 is 0 Å². The van der Waals surface area contributed by atoms with Gasteiger partial charge in [-0.15, -0.1) is 0 Å². The molecule has 0 aromatic heterocycles. The van der Waals surface area contributed by atoms with Crippen molar-refractivity contribution >= 4 is 5.78 Å². The van der Waals surface area contributed by atoms with Crippen LogP contribution in [0.1, 0.15) is 52.4 Å². The number of Topliss-reactive ketones (excluding diaryl/α,β-unsaturated/α-hetero) is 1. The molecule has 0 saturated heterocycles. The fourth-order valence-corrected chi connectivity index (χ4v) is 7.06. The summed E-state index contributed by atoms with van der Waals surface area (Å²) in [5.74, 6) is 0.186. The van der Waals surface area contributed by atoms with Gasteiger partial charge in [-0.3, -0.25) is 4.79 Å². The van der Waals surface area contributed by atoms with E-state index in [2.05, 4.69) is 25.2 Å². The molecular formula is C21H30O4. The molecule has 4 aliphatic rings. The molecule has 7 unspecified atom stereocenters. The quantitative estimate of drug-likeness (QED) is 0.671. The van der Waals surface area contributed by atoms with Gasteiger partial charge in [0.2, 0.25) is 0 Å². The first-order chi connectivity index (χ1) is 11.8. The standard InChI is InChI=1S/C21H30O4/c1-19-9-4-3-5-13(19)6-7-14-15-8-10-21(25,17(24)12-22)20(15,2)11-16(23)18(14)19/h4-5,9,14-16,18,22-23,25H,3,6-8,10-12H2,1-2H3. The zero-order valence-electron chi connectivity index (χ0n) is 15.2. The number of carbonyl (C=O) groups excluding carboxylic acids is 1. The molecule has 0 amide bonds. The fourth-order valence-electron chi connectivity index (χ4n) is 7.06. The van der Waals surface area contributed by atoms with Crippen molar-refractivity contribution in [3.05, 3.63) is 23.8 Å². The Labute approximate surface area is 149 Å². The van der Waals surface area contributed by atoms with Gasteiger partial charge in [-0.1, -0.05) is 37.6 Å². The minimum Gasteiger partial charge on any atom is -0.393 e. The van der Waals surface area contributed by atoms with Crippen LogP contribution in [-0.2, 0) is 4.79 Å². The Bertz CT molecular complexity index is 652. The van der Waals surface area contributed by atoms with E-state index in [0.29, 0.717) is 18.8 Å². The Hall–Kier alpha value is -0.970. The highest BCUT2D eigenvalue weighted by atomic mass is 16.3. The molecule has 0 spiro atoms. The van der Waals surface area contributed by atoms with Crippen LogP contribution in [0.25, 0.3) is 0 Å². The molecule has 0 aromatic carbocycles. The van der Waals surface area contributed by atoms with Gasteiger partial charge in [-0.2, -0.15) is 0 Å². The van der Waals surface area contributed by atoms with Gasteiger partial charge in [0.05, 0.1) is 6.10 Å². The summed E-state index contributed by atoms with van der Waals surface area (Å²) < 4.78 is 0. The maximum Gasteiger partial charge on any atom is 0.190 e. The Morgan fingerprint density at radius 2 is 2.08 bits per heavy atom. The van der Waals surface area contributed by atoms with Crippen LogP contribution < -0.4 is 0 Å². The van der Waals surface area contributed by atoms with Crippen molar-refractivity contribution < 1.29 is 20.1 Å². The van der Waals surface area contributed by atoms with Crippen LogP contribution in [0.5, 0.6) is 0 Å². The second-order valence-electron chi connectivity index (χ2n) is 9.15. The van der Waals surface area contributed by atoms with Gasteiger partial charge in [0.15, 0.2) is 5.78 Å². The van der Waals surface area contributed by atoms with Gasteiger partial charge in [-0.25, -0.2) is 0 Å². The first-order valence-electron chi connectivity index (χ1n) is 9.70. The third-order valence-corrected chi connectivity index (χ3v) is 8.31. The lowest BCUT2D eigenvalue weighted by Gasteiger charge is -2.59. The maximum absolute atomic E-state index is 12.4. The highest BCUT2D eigenvalue weighted by molar-refractivity contribution is 5.89. The van der Waals surface area contributed by atoms with Crippen molar-refractivity contribution in [1.29, 1.82) is 0 Å². The van der Waals surface area contributed by atoms with E-state index in [4.69, 9.17) is 0 Å². The number of aliphatic hydroxyl groups excluding tert-OH is 2. The number of aliphatic hydroxyl groups is 3. The minimum absolute atomic E-state index is 0.108. The Morgan fingerprint density at radius 1 is 1.32 bits per heavy atom. The summed E-state index contributed by atoms with van der Waals surface area (Å²) >= 11 is 0. The molecule has 138 valence electrons. The van der Waals surface area contributed by atoms with Crippen LogP contribution in [0.15, 0.2) is 23.8 Å². The van der Waals surface area contributed by atoms with Crippen LogP contribution in [0.2, 0.25) is 0 Å². The van der Waals surface area contributed by atoms with Gasteiger partial charge in [0, 0.05) is 16.7 Å². The molecule has 3 N–H and O–H groups in total. The predicted octanol–water partition coefficient (Wildman–Crippen LogP) is 2.38. The Morgan fingerprint density at radius 3 is 2.80 bits per heavy atom. The largest absolute Gasteiger partial charge is 0.393 e. The highest BCUT2D eigenvalue weighted by Gasteiger charge is 2.67.